The van der Waals surface area contributed by atoms with E-state index in [2.05, 4.69) is 16.3 Å². The van der Waals surface area contributed by atoms with Crippen molar-refractivity contribution in [2.24, 2.45) is 11.8 Å². The molecule has 2 aliphatic heterocycles. The maximum atomic E-state index is 12.6. The number of carbonyl (C=O) groups is 1. The highest BCUT2D eigenvalue weighted by Gasteiger charge is 2.54. The zero-order valence-electron chi connectivity index (χ0n) is 14.6. The second kappa shape index (κ2) is 7.32. The molecule has 1 saturated carbocycles. The number of rotatable bonds is 5. The Morgan fingerprint density at radius 3 is 3.12 bits per heavy atom. The van der Waals surface area contributed by atoms with Crippen LogP contribution in [0.4, 0.5) is 0 Å². The van der Waals surface area contributed by atoms with Gasteiger partial charge < -0.3 is 19.5 Å². The average Bonchev–Trinajstić information content (AvgIpc) is 2.92. The van der Waals surface area contributed by atoms with Crippen LogP contribution in [0.1, 0.15) is 12.0 Å². The number of carbonyl (C=O) groups excluding carboxylic acids is 1. The Bertz CT molecular complexity index is 623. The van der Waals surface area contributed by atoms with Crippen LogP contribution in [0.5, 0.6) is 5.75 Å². The minimum atomic E-state index is 0.0795. The van der Waals surface area contributed by atoms with Crippen LogP contribution in [-0.4, -0.2) is 63.0 Å². The lowest BCUT2D eigenvalue weighted by molar-refractivity contribution is -0.131. The zero-order valence-corrected chi connectivity index (χ0v) is 14.6. The number of fused-ring (bicyclic) bond motifs is 2. The van der Waals surface area contributed by atoms with E-state index in [4.69, 9.17) is 14.2 Å². The summed E-state index contributed by atoms with van der Waals surface area (Å²) in [6.45, 7) is 3.93. The molecule has 1 saturated heterocycles. The summed E-state index contributed by atoms with van der Waals surface area (Å²) in [7, 11) is 1.70. The number of hydrogen-bond donors (Lipinski definition) is 1. The Balaban J connectivity index is 1.34. The van der Waals surface area contributed by atoms with Crippen molar-refractivity contribution >= 4 is 5.91 Å². The summed E-state index contributed by atoms with van der Waals surface area (Å²) in [4.78, 5) is 14.7. The van der Waals surface area contributed by atoms with Crippen LogP contribution in [-0.2, 0) is 20.8 Å². The summed E-state index contributed by atoms with van der Waals surface area (Å²) in [6.07, 6.45) is 1.28. The summed E-state index contributed by atoms with van der Waals surface area (Å²) in [5, 5.41) is 3.23. The SMILES string of the molecule is COC[C@@H]1[C@H](NC(=O)CN2CCOc3ccccc3C2)[C@@H]2CCO[C@H]12. The Labute approximate surface area is 148 Å². The van der Waals surface area contributed by atoms with Gasteiger partial charge in [0.15, 0.2) is 0 Å². The second-order valence-corrected chi connectivity index (χ2v) is 7.17. The fourth-order valence-electron chi connectivity index (χ4n) is 4.38. The molecule has 6 nitrogen and oxygen atoms in total. The van der Waals surface area contributed by atoms with Gasteiger partial charge in [0.05, 0.1) is 19.3 Å². The van der Waals surface area contributed by atoms with Crippen LogP contribution >= 0.6 is 0 Å². The molecule has 25 heavy (non-hydrogen) atoms. The lowest BCUT2D eigenvalue weighted by Crippen LogP contribution is -2.63. The molecule has 2 heterocycles. The maximum absolute atomic E-state index is 12.6. The third kappa shape index (κ3) is 3.38. The van der Waals surface area contributed by atoms with Crippen LogP contribution in [0.3, 0.4) is 0 Å². The lowest BCUT2D eigenvalue weighted by atomic mass is 9.67. The van der Waals surface area contributed by atoms with Gasteiger partial charge in [-0.1, -0.05) is 18.2 Å². The van der Waals surface area contributed by atoms with Crippen molar-refractivity contribution in [3.63, 3.8) is 0 Å². The van der Waals surface area contributed by atoms with E-state index in [0.29, 0.717) is 25.7 Å². The van der Waals surface area contributed by atoms with Gasteiger partial charge in [-0.2, -0.15) is 0 Å². The molecule has 0 bridgehead atoms. The molecule has 3 aliphatic rings. The molecule has 1 aromatic rings. The normalized spacial score (nSPS) is 31.2. The molecule has 4 rings (SSSR count). The summed E-state index contributed by atoms with van der Waals surface area (Å²) in [5.74, 6) is 1.72. The summed E-state index contributed by atoms with van der Waals surface area (Å²) >= 11 is 0. The van der Waals surface area contributed by atoms with Gasteiger partial charge in [0.1, 0.15) is 12.4 Å². The van der Waals surface area contributed by atoms with Crippen molar-refractivity contribution in [2.75, 3.05) is 40.0 Å². The summed E-state index contributed by atoms with van der Waals surface area (Å²) < 4.78 is 16.9. The van der Waals surface area contributed by atoms with E-state index in [1.165, 1.54) is 0 Å². The Hall–Kier alpha value is -1.63. The first kappa shape index (κ1) is 16.8. The number of nitrogens with one attached hydrogen (secondary N) is 1. The predicted octanol–water partition coefficient (Wildman–Crippen LogP) is 1.05. The number of ether oxygens (including phenoxy) is 3. The van der Waals surface area contributed by atoms with E-state index in [-0.39, 0.29) is 24.0 Å². The maximum Gasteiger partial charge on any atom is 0.234 e. The fourth-order valence-corrected chi connectivity index (χ4v) is 4.38. The van der Waals surface area contributed by atoms with Crippen LogP contribution < -0.4 is 10.1 Å². The van der Waals surface area contributed by atoms with Crippen molar-refractivity contribution in [1.82, 2.24) is 10.2 Å². The van der Waals surface area contributed by atoms with Crippen molar-refractivity contribution in [3.05, 3.63) is 29.8 Å². The average molecular weight is 346 g/mol. The number of para-hydroxylation sites is 1. The van der Waals surface area contributed by atoms with E-state index in [9.17, 15) is 4.79 Å². The fraction of sp³-hybridized carbons (Fsp3) is 0.632. The van der Waals surface area contributed by atoms with Crippen LogP contribution in [0.15, 0.2) is 24.3 Å². The highest BCUT2D eigenvalue weighted by atomic mass is 16.5. The number of hydrogen-bond acceptors (Lipinski definition) is 5. The van der Waals surface area contributed by atoms with Gasteiger partial charge in [0.25, 0.3) is 0 Å². The summed E-state index contributed by atoms with van der Waals surface area (Å²) in [6, 6.07) is 8.22. The largest absolute Gasteiger partial charge is 0.492 e. The molecule has 6 heteroatoms. The molecule has 0 spiro atoms. The molecule has 1 amide bonds. The smallest absolute Gasteiger partial charge is 0.234 e. The van der Waals surface area contributed by atoms with Crippen LogP contribution in [0.25, 0.3) is 0 Å². The quantitative estimate of drug-likeness (QED) is 0.864. The second-order valence-electron chi connectivity index (χ2n) is 7.17. The van der Waals surface area contributed by atoms with Crippen molar-refractivity contribution < 1.29 is 19.0 Å². The van der Waals surface area contributed by atoms with Gasteiger partial charge in [0.2, 0.25) is 5.91 Å². The van der Waals surface area contributed by atoms with Crippen LogP contribution in [0, 0.1) is 11.8 Å². The van der Waals surface area contributed by atoms with Crippen molar-refractivity contribution in [1.29, 1.82) is 0 Å². The highest BCUT2D eigenvalue weighted by Crippen LogP contribution is 2.43. The van der Waals surface area contributed by atoms with Gasteiger partial charge in [0, 0.05) is 50.2 Å². The third-order valence-corrected chi connectivity index (χ3v) is 5.61. The third-order valence-electron chi connectivity index (χ3n) is 5.61. The molecule has 4 atom stereocenters. The minimum Gasteiger partial charge on any atom is -0.492 e. The van der Waals surface area contributed by atoms with Crippen molar-refractivity contribution in [3.8, 4) is 5.75 Å². The Morgan fingerprint density at radius 2 is 2.24 bits per heavy atom. The first-order valence-electron chi connectivity index (χ1n) is 9.09. The topological polar surface area (TPSA) is 60.0 Å². The van der Waals surface area contributed by atoms with Gasteiger partial charge in [-0.25, -0.2) is 0 Å². The molecule has 1 aliphatic carbocycles. The number of benzene rings is 1. The number of methoxy groups -OCH3 is 1. The molecule has 2 fully saturated rings. The van der Waals surface area contributed by atoms with E-state index >= 15 is 0 Å². The first-order valence-corrected chi connectivity index (χ1v) is 9.09. The Morgan fingerprint density at radius 1 is 1.36 bits per heavy atom. The molecular formula is C19H26N2O4. The molecule has 0 unspecified atom stereocenters. The zero-order chi connectivity index (χ0) is 17.2. The molecule has 0 aromatic heterocycles. The summed E-state index contributed by atoms with van der Waals surface area (Å²) in [5.41, 5.74) is 1.14. The van der Waals surface area contributed by atoms with Gasteiger partial charge in [-0.3, -0.25) is 9.69 Å². The molecule has 1 N–H and O–H groups in total. The van der Waals surface area contributed by atoms with E-state index < -0.39 is 0 Å². The molecule has 136 valence electrons. The Kier molecular flexibility index (Phi) is 4.92. The van der Waals surface area contributed by atoms with Gasteiger partial charge in [-0.05, 0) is 12.5 Å². The number of amides is 1. The van der Waals surface area contributed by atoms with E-state index in [1.807, 2.05) is 18.2 Å². The highest BCUT2D eigenvalue weighted by molar-refractivity contribution is 5.78. The van der Waals surface area contributed by atoms with Crippen molar-refractivity contribution in [2.45, 2.75) is 25.1 Å². The van der Waals surface area contributed by atoms with Gasteiger partial charge in [-0.15, -0.1) is 0 Å². The van der Waals surface area contributed by atoms with Gasteiger partial charge >= 0.3 is 0 Å². The van der Waals surface area contributed by atoms with Crippen LogP contribution in [0.2, 0.25) is 0 Å². The standard InChI is InChI=1S/C19H26N2O4/c1-23-12-15-18(14-6-8-25-19(14)15)20-17(22)11-21-7-9-24-16-5-3-2-4-13(16)10-21/h2-5,14-15,18-19H,6-12H2,1H3,(H,20,22)/t14-,15+,18+,19-/m0/s1. The molecule has 1 aromatic carbocycles. The molecule has 0 radical (unpaired) electrons. The number of nitrogens with zero attached hydrogens (tertiary/aromatic N) is 1. The minimum absolute atomic E-state index is 0.0795. The predicted molar refractivity (Wildman–Crippen MR) is 92.4 cm³/mol. The van der Waals surface area contributed by atoms with E-state index in [1.54, 1.807) is 7.11 Å². The van der Waals surface area contributed by atoms with E-state index in [0.717, 1.165) is 37.4 Å². The lowest BCUT2D eigenvalue weighted by Gasteiger charge is -2.47. The molecular weight excluding hydrogens is 320 g/mol. The first-order chi connectivity index (χ1) is 12.3. The monoisotopic (exact) mass is 346 g/mol.